The maximum absolute atomic E-state index is 12.4. The fourth-order valence-corrected chi connectivity index (χ4v) is 4.04. The molecule has 0 unspecified atom stereocenters. The molecule has 0 fully saturated rings. The van der Waals surface area contributed by atoms with Gasteiger partial charge in [-0.25, -0.2) is 9.97 Å². The van der Waals surface area contributed by atoms with Crippen LogP contribution < -0.4 is 15.4 Å². The Morgan fingerprint density at radius 1 is 1.07 bits per heavy atom. The Balaban J connectivity index is 1.71. The zero-order valence-corrected chi connectivity index (χ0v) is 17.1. The summed E-state index contributed by atoms with van der Waals surface area (Å²) in [5.74, 6) is 0.159. The van der Waals surface area contributed by atoms with Crippen LogP contribution in [0.2, 0.25) is 0 Å². The number of carbonyl (C=O) groups excluding carboxylic acids is 2. The van der Waals surface area contributed by atoms with E-state index < -0.39 is 0 Å². The van der Waals surface area contributed by atoms with E-state index in [2.05, 4.69) is 20.6 Å². The Kier molecular flexibility index (Phi) is 6.34. The standard InChI is InChI=1S/C18H18N4O4S2/c1-10-15(13-9-27-17(20-13)21-14(23)8-25-2)28-18(19-10)22-16(24)11-4-6-12(26-3)7-5-11/h4-7,9H,8H2,1-3H3,(H,19,22,24)(H,20,21,23). The van der Waals surface area contributed by atoms with E-state index in [9.17, 15) is 9.59 Å². The zero-order chi connectivity index (χ0) is 20.1. The molecule has 0 saturated carbocycles. The minimum Gasteiger partial charge on any atom is -0.497 e. The van der Waals surface area contributed by atoms with Gasteiger partial charge in [0.1, 0.15) is 12.4 Å². The highest BCUT2D eigenvalue weighted by Crippen LogP contribution is 2.34. The number of methoxy groups -OCH3 is 2. The first-order chi connectivity index (χ1) is 13.5. The molecule has 0 spiro atoms. The molecule has 3 rings (SSSR count). The van der Waals surface area contributed by atoms with Crippen molar-refractivity contribution in [2.75, 3.05) is 31.5 Å². The van der Waals surface area contributed by atoms with Gasteiger partial charge < -0.3 is 9.47 Å². The SMILES string of the molecule is COCC(=O)Nc1nc(-c2sc(NC(=O)c3ccc(OC)cc3)nc2C)cs1. The lowest BCUT2D eigenvalue weighted by atomic mass is 10.2. The fourth-order valence-electron chi connectivity index (χ4n) is 2.32. The molecule has 0 saturated heterocycles. The van der Waals surface area contributed by atoms with E-state index in [-0.39, 0.29) is 18.4 Å². The number of rotatable bonds is 7. The van der Waals surface area contributed by atoms with Crippen molar-refractivity contribution < 1.29 is 19.1 Å². The molecule has 2 aromatic heterocycles. The number of anilines is 2. The summed E-state index contributed by atoms with van der Waals surface area (Å²) >= 11 is 2.64. The first-order valence-electron chi connectivity index (χ1n) is 8.17. The lowest BCUT2D eigenvalue weighted by Gasteiger charge is -2.03. The number of aryl methyl sites for hydroxylation is 1. The molecule has 0 aliphatic carbocycles. The van der Waals surface area contributed by atoms with Crippen molar-refractivity contribution in [2.45, 2.75) is 6.92 Å². The molecular weight excluding hydrogens is 400 g/mol. The quantitative estimate of drug-likeness (QED) is 0.609. The van der Waals surface area contributed by atoms with Crippen molar-refractivity contribution in [1.82, 2.24) is 9.97 Å². The van der Waals surface area contributed by atoms with Gasteiger partial charge in [-0.1, -0.05) is 11.3 Å². The minimum absolute atomic E-state index is 0.0317. The van der Waals surface area contributed by atoms with Gasteiger partial charge in [-0.15, -0.1) is 11.3 Å². The molecule has 2 N–H and O–H groups in total. The monoisotopic (exact) mass is 418 g/mol. The fraction of sp³-hybridized carbons (Fsp3) is 0.222. The number of carbonyl (C=O) groups is 2. The molecule has 1 aromatic carbocycles. The molecular formula is C18H18N4O4S2. The van der Waals surface area contributed by atoms with Gasteiger partial charge in [0, 0.05) is 18.1 Å². The number of ether oxygens (including phenoxy) is 2. The number of thiazole rings is 2. The van der Waals surface area contributed by atoms with Crippen molar-refractivity contribution in [2.24, 2.45) is 0 Å². The largest absolute Gasteiger partial charge is 0.497 e. The normalized spacial score (nSPS) is 10.5. The summed E-state index contributed by atoms with van der Waals surface area (Å²) in [7, 11) is 3.02. The lowest BCUT2D eigenvalue weighted by Crippen LogP contribution is -2.16. The van der Waals surface area contributed by atoms with Crippen LogP contribution in [0.3, 0.4) is 0 Å². The van der Waals surface area contributed by atoms with E-state index >= 15 is 0 Å². The maximum atomic E-state index is 12.4. The third kappa shape index (κ3) is 4.71. The second kappa shape index (κ2) is 8.91. The number of nitrogens with zero attached hydrogens (tertiary/aromatic N) is 2. The van der Waals surface area contributed by atoms with Crippen molar-refractivity contribution in [1.29, 1.82) is 0 Å². The summed E-state index contributed by atoms with van der Waals surface area (Å²) in [4.78, 5) is 33.6. The van der Waals surface area contributed by atoms with Gasteiger partial charge in [-0.2, -0.15) is 0 Å². The van der Waals surface area contributed by atoms with Crippen LogP contribution in [0.25, 0.3) is 10.6 Å². The predicted molar refractivity (Wildman–Crippen MR) is 109 cm³/mol. The van der Waals surface area contributed by atoms with E-state index in [4.69, 9.17) is 9.47 Å². The van der Waals surface area contributed by atoms with Crippen molar-refractivity contribution in [3.8, 4) is 16.3 Å². The molecule has 0 bridgehead atoms. The second-order valence-corrected chi connectivity index (χ2v) is 7.49. The molecule has 0 atom stereocenters. The molecule has 10 heteroatoms. The van der Waals surface area contributed by atoms with Gasteiger partial charge in [-0.3, -0.25) is 20.2 Å². The first kappa shape index (κ1) is 19.9. The molecule has 146 valence electrons. The Hall–Kier alpha value is -2.82. The number of hydrogen-bond acceptors (Lipinski definition) is 8. The van der Waals surface area contributed by atoms with Crippen molar-refractivity contribution in [3.63, 3.8) is 0 Å². The number of amides is 2. The van der Waals surface area contributed by atoms with E-state index in [0.717, 1.165) is 10.6 Å². The third-order valence-electron chi connectivity index (χ3n) is 3.63. The summed E-state index contributed by atoms with van der Waals surface area (Å²) in [5.41, 5.74) is 1.94. The maximum Gasteiger partial charge on any atom is 0.257 e. The molecule has 0 radical (unpaired) electrons. The van der Waals surface area contributed by atoms with E-state index in [1.807, 2.05) is 12.3 Å². The summed E-state index contributed by atoms with van der Waals surface area (Å²) in [6.07, 6.45) is 0. The minimum atomic E-state index is -0.267. The summed E-state index contributed by atoms with van der Waals surface area (Å²) in [6, 6.07) is 6.82. The topological polar surface area (TPSA) is 102 Å². The van der Waals surface area contributed by atoms with Crippen LogP contribution in [-0.4, -0.2) is 42.6 Å². The highest BCUT2D eigenvalue weighted by Gasteiger charge is 2.16. The Morgan fingerprint density at radius 2 is 1.82 bits per heavy atom. The van der Waals surface area contributed by atoms with Gasteiger partial charge in [0.15, 0.2) is 10.3 Å². The lowest BCUT2D eigenvalue weighted by molar-refractivity contribution is -0.119. The molecule has 2 amide bonds. The van der Waals surface area contributed by atoms with Crippen LogP contribution in [-0.2, 0) is 9.53 Å². The van der Waals surface area contributed by atoms with Crippen LogP contribution in [0.15, 0.2) is 29.6 Å². The molecule has 3 aromatic rings. The van der Waals surface area contributed by atoms with Crippen molar-refractivity contribution >= 4 is 44.8 Å². The van der Waals surface area contributed by atoms with Gasteiger partial charge in [0.25, 0.3) is 11.8 Å². The van der Waals surface area contributed by atoms with Gasteiger partial charge in [0.05, 0.1) is 23.4 Å². The van der Waals surface area contributed by atoms with E-state index in [1.54, 1.807) is 31.4 Å². The summed E-state index contributed by atoms with van der Waals surface area (Å²) < 4.78 is 9.88. The van der Waals surface area contributed by atoms with Crippen LogP contribution >= 0.6 is 22.7 Å². The average Bonchev–Trinajstić information content (AvgIpc) is 3.28. The van der Waals surface area contributed by atoms with Gasteiger partial charge in [-0.05, 0) is 31.2 Å². The predicted octanol–water partition coefficient (Wildman–Crippen LogP) is 3.42. The first-order valence-corrected chi connectivity index (χ1v) is 9.87. The molecule has 0 aliphatic heterocycles. The van der Waals surface area contributed by atoms with Crippen molar-refractivity contribution in [3.05, 3.63) is 40.9 Å². The summed E-state index contributed by atoms with van der Waals surface area (Å²) in [6.45, 7) is 1.81. The smallest absolute Gasteiger partial charge is 0.257 e. The van der Waals surface area contributed by atoms with E-state index in [1.165, 1.54) is 29.8 Å². The van der Waals surface area contributed by atoms with Crippen LogP contribution in [0.4, 0.5) is 10.3 Å². The number of benzene rings is 1. The highest BCUT2D eigenvalue weighted by molar-refractivity contribution is 7.20. The van der Waals surface area contributed by atoms with Gasteiger partial charge >= 0.3 is 0 Å². The molecule has 2 heterocycles. The second-order valence-electron chi connectivity index (χ2n) is 5.64. The average molecular weight is 419 g/mol. The Morgan fingerprint density at radius 3 is 2.50 bits per heavy atom. The summed E-state index contributed by atoms with van der Waals surface area (Å²) in [5, 5.41) is 8.26. The number of aromatic nitrogens is 2. The zero-order valence-electron chi connectivity index (χ0n) is 15.4. The Labute approximate surface area is 169 Å². The molecule has 28 heavy (non-hydrogen) atoms. The number of nitrogens with one attached hydrogen (secondary N) is 2. The number of hydrogen-bond donors (Lipinski definition) is 2. The molecule has 0 aliphatic rings. The Bertz CT molecular complexity index is 982. The third-order valence-corrected chi connectivity index (χ3v) is 5.48. The van der Waals surface area contributed by atoms with Crippen LogP contribution in [0.1, 0.15) is 16.1 Å². The van der Waals surface area contributed by atoms with Crippen LogP contribution in [0, 0.1) is 6.92 Å². The van der Waals surface area contributed by atoms with Gasteiger partial charge in [0.2, 0.25) is 0 Å². The highest BCUT2D eigenvalue weighted by atomic mass is 32.1. The molecule has 8 nitrogen and oxygen atoms in total. The van der Waals surface area contributed by atoms with Crippen LogP contribution in [0.5, 0.6) is 5.75 Å². The van der Waals surface area contributed by atoms with E-state index in [0.29, 0.717) is 27.3 Å².